The summed E-state index contributed by atoms with van der Waals surface area (Å²) < 4.78 is 38.8. The van der Waals surface area contributed by atoms with Crippen molar-refractivity contribution in [3.05, 3.63) is 17.0 Å². The number of alkyl halides is 3. The standard InChI is InChI=1S/C10H14F3N5/c1-2-18-4-3-7-6(5-18)8(10(11,12)13)16-9(15-7)17-14/h2-5,14H2,1H3,(H,15,16,17). The molecule has 18 heavy (non-hydrogen) atoms. The zero-order valence-electron chi connectivity index (χ0n) is 9.88. The van der Waals surface area contributed by atoms with Crippen LogP contribution in [0.15, 0.2) is 0 Å². The molecule has 0 saturated heterocycles. The Hall–Kier alpha value is -1.41. The van der Waals surface area contributed by atoms with Gasteiger partial charge in [0.05, 0.1) is 5.69 Å². The molecular weight excluding hydrogens is 247 g/mol. The van der Waals surface area contributed by atoms with Gasteiger partial charge in [-0.3, -0.25) is 10.3 Å². The number of nitrogens with two attached hydrogens (primary N) is 1. The molecule has 0 spiro atoms. The quantitative estimate of drug-likeness (QED) is 0.617. The predicted octanol–water partition coefficient (Wildman–Crippen LogP) is 1.16. The lowest BCUT2D eigenvalue weighted by atomic mass is 10.0. The van der Waals surface area contributed by atoms with E-state index in [9.17, 15) is 13.2 Å². The average molecular weight is 261 g/mol. The van der Waals surface area contributed by atoms with E-state index in [1.807, 2.05) is 11.8 Å². The van der Waals surface area contributed by atoms with Crippen molar-refractivity contribution in [1.29, 1.82) is 0 Å². The summed E-state index contributed by atoms with van der Waals surface area (Å²) >= 11 is 0. The fourth-order valence-corrected chi connectivity index (χ4v) is 2.04. The summed E-state index contributed by atoms with van der Waals surface area (Å²) in [5.74, 6) is 4.91. The molecule has 0 amide bonds. The lowest BCUT2D eigenvalue weighted by molar-refractivity contribution is -0.142. The van der Waals surface area contributed by atoms with Crippen LogP contribution in [0.3, 0.4) is 0 Å². The number of halogens is 3. The second-order valence-corrected chi connectivity index (χ2v) is 4.08. The summed E-state index contributed by atoms with van der Waals surface area (Å²) in [7, 11) is 0. The van der Waals surface area contributed by atoms with Crippen molar-refractivity contribution in [2.24, 2.45) is 5.84 Å². The predicted molar refractivity (Wildman–Crippen MR) is 59.5 cm³/mol. The number of rotatable bonds is 2. The topological polar surface area (TPSA) is 67.1 Å². The third kappa shape index (κ3) is 2.39. The number of anilines is 1. The lowest BCUT2D eigenvalue weighted by Gasteiger charge is -2.28. The number of hydrazine groups is 1. The Bertz CT molecular complexity index is 446. The summed E-state index contributed by atoms with van der Waals surface area (Å²) in [6.45, 7) is 3.54. The van der Waals surface area contributed by atoms with Crippen LogP contribution >= 0.6 is 0 Å². The van der Waals surface area contributed by atoms with E-state index in [2.05, 4.69) is 15.4 Å². The zero-order valence-corrected chi connectivity index (χ0v) is 9.88. The van der Waals surface area contributed by atoms with Gasteiger partial charge in [0, 0.05) is 25.1 Å². The van der Waals surface area contributed by atoms with E-state index >= 15 is 0 Å². The lowest BCUT2D eigenvalue weighted by Crippen LogP contribution is -2.33. The molecule has 1 aromatic heterocycles. The largest absolute Gasteiger partial charge is 0.433 e. The first-order chi connectivity index (χ1) is 8.45. The molecule has 0 aliphatic carbocycles. The van der Waals surface area contributed by atoms with Gasteiger partial charge in [-0.1, -0.05) is 6.92 Å². The minimum absolute atomic E-state index is 0.162. The van der Waals surface area contributed by atoms with E-state index < -0.39 is 11.9 Å². The molecular formula is C10H14F3N5. The van der Waals surface area contributed by atoms with Crippen molar-refractivity contribution >= 4 is 5.95 Å². The van der Waals surface area contributed by atoms with Crippen molar-refractivity contribution in [1.82, 2.24) is 14.9 Å². The number of aromatic nitrogens is 2. The Morgan fingerprint density at radius 1 is 1.39 bits per heavy atom. The van der Waals surface area contributed by atoms with Crippen molar-refractivity contribution < 1.29 is 13.2 Å². The SMILES string of the molecule is CCN1CCc2nc(NN)nc(C(F)(F)F)c2C1. The van der Waals surface area contributed by atoms with Crippen LogP contribution in [-0.4, -0.2) is 28.0 Å². The molecule has 0 atom stereocenters. The van der Waals surface area contributed by atoms with Gasteiger partial charge >= 0.3 is 6.18 Å². The van der Waals surface area contributed by atoms with Crippen LogP contribution in [-0.2, 0) is 19.1 Å². The zero-order chi connectivity index (χ0) is 13.3. The maximum Gasteiger partial charge on any atom is 0.433 e. The Morgan fingerprint density at radius 3 is 2.67 bits per heavy atom. The van der Waals surface area contributed by atoms with E-state index in [1.165, 1.54) is 0 Å². The normalized spacial score (nSPS) is 16.5. The highest BCUT2D eigenvalue weighted by Gasteiger charge is 2.38. The van der Waals surface area contributed by atoms with Crippen molar-refractivity contribution in [3.63, 3.8) is 0 Å². The number of nitrogens with zero attached hydrogens (tertiary/aromatic N) is 3. The first-order valence-corrected chi connectivity index (χ1v) is 5.61. The van der Waals surface area contributed by atoms with Crippen LogP contribution in [0.1, 0.15) is 23.9 Å². The number of fused-ring (bicyclic) bond motifs is 1. The molecule has 0 saturated carbocycles. The Balaban J connectivity index is 2.50. The van der Waals surface area contributed by atoms with Crippen LogP contribution in [0.2, 0.25) is 0 Å². The number of hydrogen-bond acceptors (Lipinski definition) is 5. The van der Waals surface area contributed by atoms with Crippen molar-refractivity contribution in [3.8, 4) is 0 Å². The summed E-state index contributed by atoms with van der Waals surface area (Å²) in [4.78, 5) is 9.37. The molecule has 5 nitrogen and oxygen atoms in total. The van der Waals surface area contributed by atoms with E-state index in [4.69, 9.17) is 5.84 Å². The van der Waals surface area contributed by atoms with E-state index in [0.29, 0.717) is 25.2 Å². The Kier molecular flexibility index (Phi) is 3.40. The number of nitrogen functional groups attached to an aromatic ring is 1. The van der Waals surface area contributed by atoms with Gasteiger partial charge in [-0.2, -0.15) is 13.2 Å². The molecule has 3 N–H and O–H groups in total. The van der Waals surface area contributed by atoms with E-state index in [0.717, 1.165) is 0 Å². The second-order valence-electron chi connectivity index (χ2n) is 4.08. The van der Waals surface area contributed by atoms with Crippen LogP contribution in [0.5, 0.6) is 0 Å². The third-order valence-corrected chi connectivity index (χ3v) is 2.98. The maximum absolute atomic E-state index is 12.9. The smallest absolute Gasteiger partial charge is 0.299 e. The van der Waals surface area contributed by atoms with Gasteiger partial charge in [0.15, 0.2) is 5.69 Å². The summed E-state index contributed by atoms with van der Waals surface area (Å²) in [5, 5.41) is 0. The van der Waals surface area contributed by atoms with Crippen LogP contribution in [0, 0.1) is 0 Å². The van der Waals surface area contributed by atoms with Crippen LogP contribution in [0.25, 0.3) is 0 Å². The second kappa shape index (κ2) is 4.69. The molecule has 1 aromatic rings. The minimum Gasteiger partial charge on any atom is -0.299 e. The van der Waals surface area contributed by atoms with Crippen molar-refractivity contribution in [2.45, 2.75) is 26.1 Å². The Labute approximate surface area is 102 Å². The highest BCUT2D eigenvalue weighted by atomic mass is 19.4. The van der Waals surface area contributed by atoms with Gasteiger partial charge < -0.3 is 0 Å². The fraction of sp³-hybridized carbons (Fsp3) is 0.600. The van der Waals surface area contributed by atoms with Crippen LogP contribution < -0.4 is 11.3 Å². The third-order valence-electron chi connectivity index (χ3n) is 2.98. The Morgan fingerprint density at radius 2 is 2.11 bits per heavy atom. The highest BCUT2D eigenvalue weighted by molar-refractivity contribution is 5.36. The van der Waals surface area contributed by atoms with Gasteiger partial charge in [-0.15, -0.1) is 0 Å². The summed E-state index contributed by atoms with van der Waals surface area (Å²) in [6.07, 6.45) is -4.02. The number of likely N-dealkylation sites (N-methyl/N-ethyl adjacent to an activating group) is 1. The molecule has 1 aliphatic heterocycles. The van der Waals surface area contributed by atoms with Crippen LogP contribution in [0.4, 0.5) is 19.1 Å². The van der Waals surface area contributed by atoms with Crippen molar-refractivity contribution in [2.75, 3.05) is 18.5 Å². The highest BCUT2D eigenvalue weighted by Crippen LogP contribution is 2.34. The number of nitrogens with one attached hydrogen (secondary N) is 1. The number of hydrogen-bond donors (Lipinski definition) is 2. The summed E-state index contributed by atoms with van der Waals surface area (Å²) in [5.41, 5.74) is 1.78. The van der Waals surface area contributed by atoms with Gasteiger partial charge in [-0.25, -0.2) is 15.8 Å². The maximum atomic E-state index is 12.9. The molecule has 8 heteroatoms. The van der Waals surface area contributed by atoms with Gasteiger partial charge in [-0.05, 0) is 6.54 Å². The minimum atomic E-state index is -4.49. The van der Waals surface area contributed by atoms with Gasteiger partial charge in [0.2, 0.25) is 5.95 Å². The molecule has 1 aliphatic rings. The van der Waals surface area contributed by atoms with Gasteiger partial charge in [0.1, 0.15) is 0 Å². The molecule has 2 rings (SSSR count). The van der Waals surface area contributed by atoms with Gasteiger partial charge in [0.25, 0.3) is 0 Å². The molecule has 0 unspecified atom stereocenters. The summed E-state index contributed by atoms with van der Waals surface area (Å²) in [6, 6.07) is 0. The molecule has 100 valence electrons. The van der Waals surface area contributed by atoms with E-state index in [1.54, 1.807) is 0 Å². The first kappa shape index (κ1) is 13.0. The first-order valence-electron chi connectivity index (χ1n) is 5.61. The molecule has 0 fully saturated rings. The monoisotopic (exact) mass is 261 g/mol. The molecule has 0 bridgehead atoms. The molecule has 0 aromatic carbocycles. The molecule has 0 radical (unpaired) electrons. The average Bonchev–Trinajstić information content (AvgIpc) is 2.35. The van der Waals surface area contributed by atoms with E-state index in [-0.39, 0.29) is 18.1 Å². The fourth-order valence-electron chi connectivity index (χ4n) is 2.04. The molecule has 2 heterocycles.